The molecule has 0 aromatic heterocycles. The van der Waals surface area contributed by atoms with Crippen LogP contribution in [0, 0.1) is 0 Å². The molecule has 1 aliphatic carbocycles. The highest BCUT2D eigenvalue weighted by atomic mass is 16.6. The molecule has 12 bridgehead atoms. The molecule has 0 spiro atoms. The largest absolute Gasteiger partial charge is 0.481 e. The molecule has 18 heteroatoms. The highest BCUT2D eigenvalue weighted by Gasteiger charge is 2.28. The lowest BCUT2D eigenvalue weighted by Gasteiger charge is -2.24. The first kappa shape index (κ1) is 78.7. The van der Waals surface area contributed by atoms with E-state index in [-0.39, 0.29) is 78.2 Å². The Balaban J connectivity index is 1.73. The first-order valence-corrected chi connectivity index (χ1v) is 34.7. The molecule has 0 saturated carbocycles. The van der Waals surface area contributed by atoms with E-state index in [4.69, 9.17) is 56.8 Å². The number of fused-ring (bicyclic) bond motifs is 12. The van der Waals surface area contributed by atoms with Gasteiger partial charge < -0.3 is 56.8 Å². The normalized spacial score (nSPS) is 11.6. The Kier molecular flexibility index (Phi) is 31.3. The van der Waals surface area contributed by atoms with E-state index >= 15 is 0 Å². The summed E-state index contributed by atoms with van der Waals surface area (Å²) in [5.41, 5.74) is 12.4. The molecule has 7 rings (SSSR count). The van der Waals surface area contributed by atoms with Gasteiger partial charge in [-0.2, -0.15) is 0 Å². The summed E-state index contributed by atoms with van der Waals surface area (Å²) in [6.07, 6.45) is 13.6. The first-order chi connectivity index (χ1) is 49.4. The van der Waals surface area contributed by atoms with Gasteiger partial charge in [-0.3, -0.25) is 0 Å². The van der Waals surface area contributed by atoms with Gasteiger partial charge in [0.25, 0.3) is 0 Å². The molecule has 6 aromatic rings. The summed E-state index contributed by atoms with van der Waals surface area (Å²) in [7, 11) is 0. The molecule has 0 aliphatic heterocycles. The summed E-state index contributed by atoms with van der Waals surface area (Å²) in [5.74, 6) is -1.68. The smallest absolute Gasteiger partial charge is 0.344 e. The minimum Gasteiger partial charge on any atom is -0.481 e. The van der Waals surface area contributed by atoms with Gasteiger partial charge in [0, 0.05) is 38.5 Å². The zero-order chi connectivity index (χ0) is 73.5. The van der Waals surface area contributed by atoms with Crippen LogP contribution in [-0.2, 0) is 134 Å². The van der Waals surface area contributed by atoms with Gasteiger partial charge in [0.2, 0.25) is 0 Å². The number of carbonyl (C=O) groups is 6. The van der Waals surface area contributed by atoms with Crippen molar-refractivity contribution >= 4 is 35.8 Å². The fourth-order valence-corrected chi connectivity index (χ4v) is 12.6. The highest BCUT2D eigenvalue weighted by Crippen LogP contribution is 2.43. The second-order valence-electron chi connectivity index (χ2n) is 24.0. The van der Waals surface area contributed by atoms with E-state index in [1.54, 1.807) is 78.0 Å². The maximum Gasteiger partial charge on any atom is 0.344 e. The number of esters is 6. The summed E-state index contributed by atoms with van der Waals surface area (Å²) in [4.78, 5) is 81.6. The summed E-state index contributed by atoms with van der Waals surface area (Å²) < 4.78 is 73.5. The van der Waals surface area contributed by atoms with Crippen molar-refractivity contribution in [1.82, 2.24) is 0 Å². The molecule has 0 unspecified atom stereocenters. The standard InChI is InChI=1S/C84H96O18/c1-13-25-55-31-61-43-63-33-56(26-14-2)35-65(80(63)98-50-74(86)92-20-8)45-67-37-58(28-16-4)39-69(82(67)100-52-76(88)94-22-10)47-71-41-60(30-18-6)42-72(84(71)102-54-78(90)96-24-12)48-70-40-59(29-17-5)38-68(83(70)101-53-77(89)95-23-11)46-66-36-57(27-15-3)34-64(81(66)99-51-75(87)93-21-9)44-62(32-55)79(61)97-49-73(85)91-19-7/h13-18,31-42H,1-6,19-30,43-54H2,7-12H3. The fraction of sp³-hybridized carbons (Fsp3) is 0.357. The quantitative estimate of drug-likeness (QED) is 0.0203. The molecule has 0 amide bonds. The maximum atomic E-state index is 13.6. The molecular formula is C84H96O18. The second-order valence-corrected chi connectivity index (χ2v) is 24.0. The zero-order valence-electron chi connectivity index (χ0n) is 60.0. The van der Waals surface area contributed by atoms with Crippen LogP contribution in [0.15, 0.2) is 149 Å². The van der Waals surface area contributed by atoms with Crippen molar-refractivity contribution in [2.75, 3.05) is 79.3 Å². The Morgan fingerprint density at radius 3 is 0.461 bits per heavy atom. The lowest BCUT2D eigenvalue weighted by molar-refractivity contribution is -0.146. The number of hydrogen-bond donors (Lipinski definition) is 0. The molecule has 0 heterocycles. The summed E-state index contributed by atoms with van der Waals surface area (Å²) in [5, 5.41) is 0. The van der Waals surface area contributed by atoms with Gasteiger partial charge in [-0.25, -0.2) is 28.8 Å². The number of carbonyl (C=O) groups excluding carboxylic acids is 6. The van der Waals surface area contributed by atoms with Crippen molar-refractivity contribution in [3.05, 3.63) is 249 Å². The summed E-state index contributed by atoms with van der Waals surface area (Å²) >= 11 is 0. The van der Waals surface area contributed by atoms with Crippen molar-refractivity contribution in [2.24, 2.45) is 0 Å². The van der Waals surface area contributed by atoms with Gasteiger partial charge in [-0.05, 0) is 180 Å². The Bertz CT molecular complexity index is 3220. The number of allylic oxidation sites excluding steroid dienone is 6. The third kappa shape index (κ3) is 22.7. The zero-order valence-corrected chi connectivity index (χ0v) is 60.0. The molecule has 18 nitrogen and oxygen atoms in total. The van der Waals surface area contributed by atoms with Crippen molar-refractivity contribution in [3.8, 4) is 34.5 Å². The predicted octanol–water partition coefficient (Wildman–Crippen LogP) is 13.6. The average Bonchev–Trinajstić information content (AvgIpc) is 0.782. The number of hydrogen-bond acceptors (Lipinski definition) is 18. The third-order valence-electron chi connectivity index (χ3n) is 16.2. The van der Waals surface area contributed by atoms with E-state index in [0.29, 0.717) is 140 Å². The predicted molar refractivity (Wildman–Crippen MR) is 392 cm³/mol. The van der Waals surface area contributed by atoms with Crippen molar-refractivity contribution in [3.63, 3.8) is 0 Å². The van der Waals surface area contributed by atoms with Gasteiger partial charge in [0.1, 0.15) is 34.5 Å². The Labute approximate surface area is 599 Å². The van der Waals surface area contributed by atoms with E-state index in [1.165, 1.54) is 0 Å². The summed E-state index contributed by atoms with van der Waals surface area (Å²) in [6, 6.07) is 23.8. The van der Waals surface area contributed by atoms with Crippen molar-refractivity contribution in [1.29, 1.82) is 0 Å². The third-order valence-corrected chi connectivity index (χ3v) is 16.2. The van der Waals surface area contributed by atoms with Crippen LogP contribution in [0.4, 0.5) is 0 Å². The SMILES string of the molecule is C=CCc1cc2c(OCC(=O)OCC)c(c1)Cc1cc(CC=C)cc(c1OCC(=O)OCC)Cc1cc(CC=C)cc(c1OCC(=O)OCC)Cc1cc(CC=C)cc(c1OCC(=O)OCC)Cc1cc(CC=C)cc(c1OCC(=O)OCC)Cc1cc(CC=C)cc(c1OCC(=O)OCC)C2. The van der Waals surface area contributed by atoms with Crippen LogP contribution in [0.2, 0.25) is 0 Å². The van der Waals surface area contributed by atoms with E-state index in [1.807, 2.05) is 72.8 Å². The Morgan fingerprint density at radius 1 is 0.245 bits per heavy atom. The van der Waals surface area contributed by atoms with Gasteiger partial charge in [-0.1, -0.05) is 109 Å². The van der Waals surface area contributed by atoms with Gasteiger partial charge in [-0.15, -0.1) is 39.5 Å². The lowest BCUT2D eigenvalue weighted by atomic mass is 9.87. The minimum absolute atomic E-state index is 0.0874. The van der Waals surface area contributed by atoms with Crippen LogP contribution >= 0.6 is 0 Å². The van der Waals surface area contributed by atoms with Gasteiger partial charge in [0.15, 0.2) is 39.6 Å². The molecule has 540 valence electrons. The molecule has 0 saturated heterocycles. The lowest BCUT2D eigenvalue weighted by Crippen LogP contribution is -2.19. The molecule has 6 aromatic carbocycles. The Hall–Kier alpha value is -10.6. The topological polar surface area (TPSA) is 213 Å². The van der Waals surface area contributed by atoms with Crippen LogP contribution < -0.4 is 28.4 Å². The molecule has 1 aliphatic rings. The summed E-state index contributed by atoms with van der Waals surface area (Å²) in [6.45, 7) is 32.8. The van der Waals surface area contributed by atoms with E-state index in [2.05, 4.69) is 39.5 Å². The van der Waals surface area contributed by atoms with Crippen LogP contribution in [-0.4, -0.2) is 115 Å². The molecule has 0 radical (unpaired) electrons. The fourth-order valence-electron chi connectivity index (χ4n) is 12.6. The first-order valence-electron chi connectivity index (χ1n) is 34.7. The van der Waals surface area contributed by atoms with Crippen molar-refractivity contribution < 1.29 is 85.6 Å². The van der Waals surface area contributed by atoms with E-state index < -0.39 is 75.5 Å². The molecule has 102 heavy (non-hydrogen) atoms. The number of ether oxygens (including phenoxy) is 12. The van der Waals surface area contributed by atoms with E-state index in [9.17, 15) is 28.8 Å². The van der Waals surface area contributed by atoms with Gasteiger partial charge in [0.05, 0.1) is 39.6 Å². The van der Waals surface area contributed by atoms with Gasteiger partial charge >= 0.3 is 35.8 Å². The number of rotatable bonds is 36. The maximum absolute atomic E-state index is 13.6. The van der Waals surface area contributed by atoms with Crippen LogP contribution in [0.1, 0.15) is 142 Å². The Morgan fingerprint density at radius 2 is 0.363 bits per heavy atom. The average molecular weight is 1390 g/mol. The van der Waals surface area contributed by atoms with Crippen molar-refractivity contribution in [2.45, 2.75) is 119 Å². The minimum atomic E-state index is -0.616. The molecule has 0 atom stereocenters. The highest BCUT2D eigenvalue weighted by molar-refractivity contribution is 5.75. The van der Waals surface area contributed by atoms with Crippen LogP contribution in [0.5, 0.6) is 34.5 Å². The monoisotopic (exact) mass is 1390 g/mol. The second kappa shape index (κ2) is 40.6. The van der Waals surface area contributed by atoms with Crippen LogP contribution in [0.3, 0.4) is 0 Å². The molecular weight excluding hydrogens is 1300 g/mol. The molecule has 0 fully saturated rings. The molecule has 0 N–H and O–H groups in total. The van der Waals surface area contributed by atoms with Crippen LogP contribution in [0.25, 0.3) is 0 Å². The van der Waals surface area contributed by atoms with E-state index in [0.717, 1.165) is 33.4 Å². The number of benzene rings is 6.